The molecule has 0 fully saturated rings. The van der Waals surface area contributed by atoms with E-state index in [4.69, 9.17) is 39.9 Å². The zero-order valence-electron chi connectivity index (χ0n) is 6.83. The SMILES string of the molecule is O=S([O-])([O-])=S.O=S([O-])([O-])=S.O=S([O-])([O-])=S.[Ru+3].[Ru+3]. The third-order valence-corrected chi connectivity index (χ3v) is 0. The first-order valence-corrected chi connectivity index (χ1v) is 9.00. The van der Waals surface area contributed by atoms with Gasteiger partial charge in [-0.15, -0.1) is 27.2 Å². The summed E-state index contributed by atoms with van der Waals surface area (Å²) >= 11 is 9.73. The number of hydrogen-bond donors (Lipinski definition) is 0. The van der Waals surface area contributed by atoms with Gasteiger partial charge in [-0.25, -0.2) is 0 Å². The molecule has 0 bridgehead atoms. The molecule has 0 aromatic rings. The summed E-state index contributed by atoms with van der Waals surface area (Å²) < 4.78 is 80.0. The maximum absolute atomic E-state index is 8.89. The van der Waals surface area contributed by atoms with Gasteiger partial charge in [-0.2, -0.15) is 0 Å². The third-order valence-electron chi connectivity index (χ3n) is 0. The van der Waals surface area contributed by atoms with Crippen molar-refractivity contribution in [2.75, 3.05) is 0 Å². The molecule has 0 aliphatic rings. The van der Waals surface area contributed by atoms with Crippen LogP contribution in [0.25, 0.3) is 0 Å². The Bertz CT molecular complexity index is 344. The summed E-state index contributed by atoms with van der Waals surface area (Å²) in [5.41, 5.74) is 0. The molecule has 9 nitrogen and oxygen atoms in total. The molecular weight excluding hydrogens is 539 g/mol. The Kier molecular flexibility index (Phi) is 24.3. The second-order valence-corrected chi connectivity index (χ2v) is 7.35. The van der Waals surface area contributed by atoms with E-state index in [0.29, 0.717) is 0 Å². The quantitative estimate of drug-likeness (QED) is 0.284. The van der Waals surface area contributed by atoms with Crippen LogP contribution in [0.1, 0.15) is 0 Å². The Morgan fingerprint density at radius 3 is 0.529 bits per heavy atom. The topological polar surface area (TPSA) is 190 Å². The summed E-state index contributed by atoms with van der Waals surface area (Å²) in [6.45, 7) is 0. The molecule has 17 heavy (non-hydrogen) atoms. The zero-order valence-corrected chi connectivity index (χ0v) is 15.2. The summed E-state index contributed by atoms with van der Waals surface area (Å²) in [4.78, 5) is 0. The van der Waals surface area contributed by atoms with Crippen molar-refractivity contribution in [3.05, 3.63) is 0 Å². The van der Waals surface area contributed by atoms with Gasteiger partial charge < -0.3 is 27.3 Å². The number of hydrogen-bond acceptors (Lipinski definition) is 12. The molecule has 106 valence electrons. The van der Waals surface area contributed by atoms with Gasteiger partial charge in [-0.1, -0.05) is 0 Å². The fraction of sp³-hybridized carbons (Fsp3) is 0. The van der Waals surface area contributed by atoms with Crippen molar-refractivity contribution in [2.24, 2.45) is 0 Å². The van der Waals surface area contributed by atoms with Crippen LogP contribution in [0.5, 0.6) is 0 Å². The van der Waals surface area contributed by atoms with E-state index in [0.717, 1.165) is 0 Å². The zero-order chi connectivity index (χ0) is 13.5. The number of rotatable bonds is 0. The van der Waals surface area contributed by atoms with Crippen molar-refractivity contribution < 1.29 is 78.9 Å². The van der Waals surface area contributed by atoms with Crippen LogP contribution in [0, 0.1) is 0 Å². The minimum absolute atomic E-state index is 0. The monoisotopic (exact) mass is 540 g/mol. The fourth-order valence-corrected chi connectivity index (χ4v) is 0. The van der Waals surface area contributed by atoms with E-state index >= 15 is 0 Å². The molecule has 0 amide bonds. The molecule has 0 aromatic carbocycles. The molecule has 0 saturated carbocycles. The molecule has 0 heterocycles. The summed E-state index contributed by atoms with van der Waals surface area (Å²) in [5, 5.41) is 0. The molecule has 0 atom stereocenters. The molecule has 0 aliphatic carbocycles. The summed E-state index contributed by atoms with van der Waals surface area (Å²) in [5.74, 6) is 0. The van der Waals surface area contributed by atoms with E-state index in [1.54, 1.807) is 0 Å². The third kappa shape index (κ3) is 1050. The fourth-order valence-electron chi connectivity index (χ4n) is 0. The standard InChI is InChI=1S/3H2O3S2.2Ru/c3*1-5(2,3)4;;/h3*(H2,1,2,3,4);;/q;;;2*+3/p-6. The van der Waals surface area contributed by atoms with Gasteiger partial charge in [0.15, 0.2) is 0 Å². The van der Waals surface area contributed by atoms with E-state index in [-0.39, 0.29) is 39.0 Å². The summed E-state index contributed by atoms with van der Waals surface area (Å²) in [7, 11) is -13.0. The first-order chi connectivity index (χ1) is 6.00. The van der Waals surface area contributed by atoms with Crippen molar-refractivity contribution in [1.82, 2.24) is 0 Å². The van der Waals surface area contributed by atoms with Crippen LogP contribution in [0.2, 0.25) is 0 Å². The van der Waals surface area contributed by atoms with Crippen molar-refractivity contribution in [2.45, 2.75) is 0 Å². The Hall–Kier alpha value is 2.12. The second-order valence-electron chi connectivity index (χ2n) is 1.22. The van der Waals surface area contributed by atoms with Crippen molar-refractivity contribution >= 4 is 60.7 Å². The average Bonchev–Trinajstić information content (AvgIpc) is 1.41. The van der Waals surface area contributed by atoms with Crippen LogP contribution in [0.4, 0.5) is 0 Å². The van der Waals surface area contributed by atoms with Gasteiger partial charge in [-0.3, -0.25) is 12.6 Å². The Morgan fingerprint density at radius 2 is 0.529 bits per heavy atom. The molecule has 0 saturated heterocycles. The average molecular weight is 539 g/mol. The summed E-state index contributed by atoms with van der Waals surface area (Å²) in [6.07, 6.45) is 0. The predicted molar refractivity (Wildman–Crippen MR) is 51.2 cm³/mol. The molecule has 17 heteroatoms. The maximum atomic E-state index is 8.89. The van der Waals surface area contributed by atoms with Gasteiger partial charge >= 0.3 is 39.0 Å². The van der Waals surface area contributed by atoms with Gasteiger partial charge in [0.05, 0.1) is 0 Å². The molecule has 0 aliphatic heterocycles. The van der Waals surface area contributed by atoms with Crippen LogP contribution in [0.15, 0.2) is 0 Å². The van der Waals surface area contributed by atoms with Gasteiger partial charge in [0, 0.05) is 0 Å². The predicted octanol–water partition coefficient (Wildman–Crippen LogP) is -3.02. The Balaban J connectivity index is -0.0000000400. The molecule has 0 unspecified atom stereocenters. The van der Waals surface area contributed by atoms with E-state index in [1.807, 2.05) is 0 Å². The van der Waals surface area contributed by atoms with Gasteiger partial charge in [-0.05, 0) is 33.6 Å². The van der Waals surface area contributed by atoms with E-state index < -0.39 is 27.2 Å². The molecule has 0 spiro atoms. The van der Waals surface area contributed by atoms with Crippen molar-refractivity contribution in [3.63, 3.8) is 0 Å². The first kappa shape index (κ1) is 31.5. The van der Waals surface area contributed by atoms with Crippen LogP contribution >= 0.6 is 0 Å². The largest absolute Gasteiger partial charge is 3.00 e. The second kappa shape index (κ2) is 13.1. The maximum Gasteiger partial charge on any atom is 3.00 e. The van der Waals surface area contributed by atoms with Crippen LogP contribution in [0.3, 0.4) is 0 Å². The van der Waals surface area contributed by atoms with E-state index in [2.05, 4.69) is 33.6 Å². The van der Waals surface area contributed by atoms with Gasteiger partial charge in [0.1, 0.15) is 0 Å². The minimum Gasteiger partial charge on any atom is -0.780 e. The molecule has 0 aromatic heterocycles. The molecule has 2 radical (unpaired) electrons. The Morgan fingerprint density at radius 1 is 0.529 bits per heavy atom. The molecule has 0 N–H and O–H groups in total. The van der Waals surface area contributed by atoms with Crippen LogP contribution < -0.4 is 0 Å². The van der Waals surface area contributed by atoms with Crippen molar-refractivity contribution in [3.8, 4) is 0 Å². The summed E-state index contributed by atoms with van der Waals surface area (Å²) in [6, 6.07) is 0. The normalized spacial score (nSPS) is 10.2. The van der Waals surface area contributed by atoms with Crippen LogP contribution in [-0.2, 0) is 99.7 Å². The van der Waals surface area contributed by atoms with Crippen molar-refractivity contribution in [1.29, 1.82) is 0 Å². The first-order valence-electron chi connectivity index (χ1n) is 2.00. The van der Waals surface area contributed by atoms with Gasteiger partial charge in [0.2, 0.25) is 0 Å². The van der Waals surface area contributed by atoms with E-state index in [9.17, 15) is 0 Å². The van der Waals surface area contributed by atoms with E-state index in [1.165, 1.54) is 0 Å². The minimum atomic E-state index is -4.33. The van der Waals surface area contributed by atoms with Gasteiger partial charge in [0.25, 0.3) is 0 Å². The smallest absolute Gasteiger partial charge is 0.780 e. The van der Waals surface area contributed by atoms with Crippen LogP contribution in [-0.4, -0.2) is 39.9 Å². The Labute approximate surface area is 138 Å². The molecule has 0 rings (SSSR count). The molecular formula is O9Ru2S6.